The summed E-state index contributed by atoms with van der Waals surface area (Å²) in [6.07, 6.45) is 3.38. The molecule has 0 unspecified atom stereocenters. The summed E-state index contributed by atoms with van der Waals surface area (Å²) in [7, 11) is 0. The van der Waals surface area contributed by atoms with Crippen LogP contribution < -0.4 is 5.43 Å². The Hall–Kier alpha value is -2.67. The van der Waals surface area contributed by atoms with Crippen LogP contribution in [0.15, 0.2) is 53.2 Å². The van der Waals surface area contributed by atoms with Crippen molar-refractivity contribution >= 4 is 22.2 Å². The highest BCUT2D eigenvalue weighted by molar-refractivity contribution is 7.14. The van der Waals surface area contributed by atoms with Crippen LogP contribution in [0.25, 0.3) is 11.3 Å². The fourth-order valence-electron chi connectivity index (χ4n) is 1.94. The normalized spacial score (nSPS) is 11.5. The molecule has 0 aliphatic carbocycles. The van der Waals surface area contributed by atoms with Gasteiger partial charge in [-0.05, 0) is 31.2 Å². The van der Waals surface area contributed by atoms with Crippen molar-refractivity contribution in [1.82, 2.24) is 9.97 Å². The van der Waals surface area contributed by atoms with Gasteiger partial charge in [0.15, 0.2) is 0 Å². The second kappa shape index (κ2) is 6.62. The van der Waals surface area contributed by atoms with Gasteiger partial charge in [-0.3, -0.25) is 10.4 Å². The minimum absolute atomic E-state index is 0.255. The number of benzene rings is 1. The third-order valence-electron chi connectivity index (χ3n) is 3.13. The summed E-state index contributed by atoms with van der Waals surface area (Å²) in [6.45, 7) is 1.86. The quantitative estimate of drug-likeness (QED) is 0.572. The van der Waals surface area contributed by atoms with Gasteiger partial charge in [0.05, 0.1) is 11.4 Å². The molecule has 2 heterocycles. The lowest BCUT2D eigenvalue weighted by Crippen LogP contribution is -1.99. The van der Waals surface area contributed by atoms with Crippen molar-refractivity contribution in [3.8, 4) is 11.3 Å². The lowest BCUT2D eigenvalue weighted by atomic mass is 10.1. The van der Waals surface area contributed by atoms with E-state index in [4.69, 9.17) is 0 Å². The Morgan fingerprint density at radius 2 is 1.96 bits per heavy atom. The first kappa shape index (κ1) is 15.2. The van der Waals surface area contributed by atoms with Crippen molar-refractivity contribution in [1.29, 1.82) is 0 Å². The highest BCUT2D eigenvalue weighted by atomic mass is 32.1. The number of rotatable bonds is 4. The fraction of sp³-hybridized carbons (Fsp3) is 0.0625. The summed E-state index contributed by atoms with van der Waals surface area (Å²) in [5.74, 6) is -1.25. The van der Waals surface area contributed by atoms with Gasteiger partial charge >= 0.3 is 0 Å². The van der Waals surface area contributed by atoms with Crippen LogP contribution in [-0.2, 0) is 0 Å². The molecule has 0 fully saturated rings. The number of hydrogen-bond donors (Lipinski definition) is 1. The van der Waals surface area contributed by atoms with Crippen LogP contribution in [0.1, 0.15) is 12.5 Å². The van der Waals surface area contributed by atoms with Crippen molar-refractivity contribution in [2.45, 2.75) is 6.92 Å². The molecule has 7 heteroatoms. The van der Waals surface area contributed by atoms with Crippen LogP contribution >= 0.6 is 11.3 Å². The molecule has 3 rings (SSSR count). The smallest absolute Gasteiger partial charge is 0.203 e. The molecule has 0 amide bonds. The maximum Gasteiger partial charge on any atom is 0.203 e. The molecule has 0 aliphatic heterocycles. The summed E-state index contributed by atoms with van der Waals surface area (Å²) >= 11 is 1.29. The number of hydrazone groups is 1. The molecule has 3 aromatic rings. The number of pyridine rings is 1. The molecule has 1 aromatic carbocycles. The first-order chi connectivity index (χ1) is 11.1. The van der Waals surface area contributed by atoms with E-state index < -0.39 is 11.6 Å². The van der Waals surface area contributed by atoms with Gasteiger partial charge in [-0.15, -0.1) is 11.3 Å². The SMILES string of the molecule is C/C(=N\Nc1nc(-c2ccc(F)cc2F)cs1)c1ccncc1. The Balaban J connectivity index is 1.77. The highest BCUT2D eigenvalue weighted by Crippen LogP contribution is 2.27. The number of nitrogens with zero attached hydrogens (tertiary/aromatic N) is 3. The Labute approximate surface area is 135 Å². The van der Waals surface area contributed by atoms with Crippen LogP contribution in [0.5, 0.6) is 0 Å². The summed E-state index contributed by atoms with van der Waals surface area (Å²) in [5, 5.41) is 6.46. The van der Waals surface area contributed by atoms with E-state index in [0.29, 0.717) is 10.8 Å². The molecule has 0 spiro atoms. The molecule has 2 aromatic heterocycles. The van der Waals surface area contributed by atoms with Gasteiger partial charge in [0.2, 0.25) is 5.13 Å². The number of hydrogen-bond acceptors (Lipinski definition) is 5. The molecule has 1 N–H and O–H groups in total. The highest BCUT2D eigenvalue weighted by Gasteiger charge is 2.10. The van der Waals surface area contributed by atoms with Crippen LogP contribution in [0.4, 0.5) is 13.9 Å². The number of anilines is 1. The van der Waals surface area contributed by atoms with Gasteiger partial charge in [0.1, 0.15) is 11.6 Å². The molecular formula is C16H12F2N4S. The summed E-state index contributed by atoms with van der Waals surface area (Å²) in [4.78, 5) is 8.21. The third-order valence-corrected chi connectivity index (χ3v) is 3.88. The predicted octanol–water partition coefficient (Wildman–Crippen LogP) is 4.32. The first-order valence-corrected chi connectivity index (χ1v) is 7.63. The minimum Gasteiger partial charge on any atom is -0.265 e. The maximum atomic E-state index is 13.8. The van der Waals surface area contributed by atoms with Gasteiger partial charge in [-0.1, -0.05) is 0 Å². The van der Waals surface area contributed by atoms with Gasteiger partial charge in [-0.25, -0.2) is 13.8 Å². The maximum absolute atomic E-state index is 13.8. The topological polar surface area (TPSA) is 50.2 Å². The van der Waals surface area contributed by atoms with E-state index in [2.05, 4.69) is 20.5 Å². The average molecular weight is 330 g/mol. The lowest BCUT2D eigenvalue weighted by molar-refractivity contribution is 0.585. The first-order valence-electron chi connectivity index (χ1n) is 6.75. The number of nitrogens with one attached hydrogen (secondary N) is 1. The molecule has 0 saturated heterocycles. The molecule has 0 bridgehead atoms. The molecule has 0 aliphatic rings. The number of halogens is 2. The predicted molar refractivity (Wildman–Crippen MR) is 87.5 cm³/mol. The summed E-state index contributed by atoms with van der Waals surface area (Å²) in [6, 6.07) is 7.11. The minimum atomic E-state index is -0.640. The molecular weight excluding hydrogens is 318 g/mol. The van der Waals surface area contributed by atoms with Crippen molar-refractivity contribution in [3.63, 3.8) is 0 Å². The van der Waals surface area contributed by atoms with Crippen molar-refractivity contribution in [2.24, 2.45) is 5.10 Å². The summed E-state index contributed by atoms with van der Waals surface area (Å²) < 4.78 is 26.7. The molecule has 116 valence electrons. The molecule has 4 nitrogen and oxygen atoms in total. The molecule has 0 radical (unpaired) electrons. The van der Waals surface area contributed by atoms with E-state index in [1.54, 1.807) is 17.8 Å². The van der Waals surface area contributed by atoms with Gasteiger partial charge < -0.3 is 0 Å². The third kappa shape index (κ3) is 3.57. The number of thiazole rings is 1. The van der Waals surface area contributed by atoms with Crippen LogP contribution in [0.3, 0.4) is 0 Å². The van der Waals surface area contributed by atoms with Crippen molar-refractivity contribution in [3.05, 3.63) is 65.3 Å². The van der Waals surface area contributed by atoms with E-state index in [-0.39, 0.29) is 5.56 Å². The molecule has 0 saturated carbocycles. The average Bonchev–Trinajstić information content (AvgIpc) is 3.02. The van der Waals surface area contributed by atoms with E-state index in [9.17, 15) is 8.78 Å². The van der Waals surface area contributed by atoms with E-state index in [1.165, 1.54) is 23.5 Å². The van der Waals surface area contributed by atoms with Gasteiger partial charge in [0.25, 0.3) is 0 Å². The largest absolute Gasteiger partial charge is 0.265 e. The summed E-state index contributed by atoms with van der Waals surface area (Å²) in [5.41, 5.74) is 5.25. The second-order valence-corrected chi connectivity index (χ2v) is 5.57. The Morgan fingerprint density at radius 1 is 1.17 bits per heavy atom. The Morgan fingerprint density at radius 3 is 2.70 bits per heavy atom. The number of aromatic nitrogens is 2. The van der Waals surface area contributed by atoms with Gasteiger partial charge in [-0.2, -0.15) is 5.10 Å². The van der Waals surface area contributed by atoms with Crippen molar-refractivity contribution in [2.75, 3.05) is 5.43 Å². The standard InChI is InChI=1S/C16H12F2N4S/c1-10(11-4-6-19-7-5-11)21-22-16-20-15(9-23-16)13-3-2-12(17)8-14(13)18/h2-9H,1H3,(H,20,22)/b21-10+. The van der Waals surface area contributed by atoms with Crippen LogP contribution in [0, 0.1) is 11.6 Å². The Kier molecular flexibility index (Phi) is 4.38. The monoisotopic (exact) mass is 330 g/mol. The zero-order valence-electron chi connectivity index (χ0n) is 12.1. The zero-order valence-corrected chi connectivity index (χ0v) is 12.9. The van der Waals surface area contributed by atoms with Crippen LogP contribution in [-0.4, -0.2) is 15.7 Å². The van der Waals surface area contributed by atoms with Crippen LogP contribution in [0.2, 0.25) is 0 Å². The van der Waals surface area contributed by atoms with Crippen molar-refractivity contribution < 1.29 is 8.78 Å². The zero-order chi connectivity index (χ0) is 16.2. The molecule has 0 atom stereocenters. The fourth-order valence-corrected chi connectivity index (χ4v) is 2.59. The van der Waals surface area contributed by atoms with E-state index >= 15 is 0 Å². The Bertz CT molecular complexity index is 846. The van der Waals surface area contributed by atoms with Gasteiger partial charge in [0, 0.05) is 35.0 Å². The van der Waals surface area contributed by atoms with E-state index in [0.717, 1.165) is 17.3 Å². The molecule has 23 heavy (non-hydrogen) atoms. The van der Waals surface area contributed by atoms with E-state index in [1.807, 2.05) is 19.1 Å². The second-order valence-electron chi connectivity index (χ2n) is 4.71. The lowest BCUT2D eigenvalue weighted by Gasteiger charge is -2.01.